The van der Waals surface area contributed by atoms with Gasteiger partial charge in [0.1, 0.15) is 13.2 Å². The zero-order valence-electron chi connectivity index (χ0n) is 9.84. The maximum atomic E-state index is 10.7. The van der Waals surface area contributed by atoms with Gasteiger partial charge in [0.2, 0.25) is 0 Å². The summed E-state index contributed by atoms with van der Waals surface area (Å²) >= 11 is 0. The standard InChI is InChI=1S/C11H17N2O3/c1-13(2,3)8-9-16-11-7-5-4-6-10(11)12(14)15/h4-7H,8-9H2,1-3H3/q+1. The normalized spacial score (nSPS) is 11.2. The van der Waals surface area contributed by atoms with Crippen LogP contribution in [0, 0.1) is 10.1 Å². The van der Waals surface area contributed by atoms with Crippen molar-refractivity contribution in [3.05, 3.63) is 34.4 Å². The molecule has 0 saturated heterocycles. The number of hydrogen-bond donors (Lipinski definition) is 0. The average Bonchev–Trinajstić information content (AvgIpc) is 2.16. The molecule has 0 atom stereocenters. The maximum Gasteiger partial charge on any atom is 0.310 e. The second-order valence-electron chi connectivity index (χ2n) is 4.59. The van der Waals surface area contributed by atoms with E-state index in [-0.39, 0.29) is 5.69 Å². The van der Waals surface area contributed by atoms with Gasteiger partial charge in [0.25, 0.3) is 0 Å². The highest BCUT2D eigenvalue weighted by molar-refractivity contribution is 5.45. The SMILES string of the molecule is C[N+](C)(C)CCOc1ccccc1[N+](=O)[O-]. The average molecular weight is 225 g/mol. The van der Waals surface area contributed by atoms with Crippen LogP contribution in [0.15, 0.2) is 24.3 Å². The molecule has 5 heteroatoms. The van der Waals surface area contributed by atoms with Gasteiger partial charge in [0, 0.05) is 6.07 Å². The lowest BCUT2D eigenvalue weighted by atomic mass is 10.3. The summed E-state index contributed by atoms with van der Waals surface area (Å²) in [4.78, 5) is 10.3. The van der Waals surface area contributed by atoms with E-state index in [0.717, 1.165) is 11.0 Å². The number of nitro groups is 1. The highest BCUT2D eigenvalue weighted by Crippen LogP contribution is 2.25. The van der Waals surface area contributed by atoms with Gasteiger partial charge in [-0.05, 0) is 6.07 Å². The first-order valence-corrected chi connectivity index (χ1v) is 5.07. The summed E-state index contributed by atoms with van der Waals surface area (Å²) in [5.41, 5.74) is 0.0175. The van der Waals surface area contributed by atoms with Crippen molar-refractivity contribution >= 4 is 5.69 Å². The van der Waals surface area contributed by atoms with E-state index < -0.39 is 4.92 Å². The first-order valence-electron chi connectivity index (χ1n) is 5.07. The Morgan fingerprint density at radius 3 is 2.50 bits per heavy atom. The van der Waals surface area contributed by atoms with Crippen molar-refractivity contribution in [1.82, 2.24) is 0 Å². The van der Waals surface area contributed by atoms with E-state index in [9.17, 15) is 10.1 Å². The van der Waals surface area contributed by atoms with Crippen LogP contribution >= 0.6 is 0 Å². The van der Waals surface area contributed by atoms with E-state index in [2.05, 4.69) is 0 Å². The van der Waals surface area contributed by atoms with Crippen LogP contribution in [0.5, 0.6) is 5.75 Å². The molecule has 0 aliphatic carbocycles. The minimum atomic E-state index is -0.429. The van der Waals surface area contributed by atoms with Crippen LogP contribution in [-0.2, 0) is 0 Å². The summed E-state index contributed by atoms with van der Waals surface area (Å²) in [6.45, 7) is 1.26. The fourth-order valence-electron chi connectivity index (χ4n) is 1.16. The van der Waals surface area contributed by atoms with Crippen molar-refractivity contribution in [2.45, 2.75) is 0 Å². The Bertz CT molecular complexity index is 372. The first kappa shape index (κ1) is 12.4. The van der Waals surface area contributed by atoms with E-state index in [1.54, 1.807) is 18.2 Å². The van der Waals surface area contributed by atoms with E-state index in [1.807, 2.05) is 21.1 Å². The van der Waals surface area contributed by atoms with Crippen molar-refractivity contribution < 1.29 is 14.1 Å². The first-order chi connectivity index (χ1) is 7.40. The molecule has 1 rings (SSSR count). The van der Waals surface area contributed by atoms with Gasteiger partial charge in [-0.3, -0.25) is 10.1 Å². The second kappa shape index (κ2) is 4.94. The molecule has 5 nitrogen and oxygen atoms in total. The van der Waals surface area contributed by atoms with E-state index in [0.29, 0.717) is 12.4 Å². The van der Waals surface area contributed by atoms with Gasteiger partial charge in [-0.25, -0.2) is 0 Å². The summed E-state index contributed by atoms with van der Waals surface area (Å²) in [5, 5.41) is 10.7. The molecule has 0 aliphatic heterocycles. The summed E-state index contributed by atoms with van der Waals surface area (Å²) in [6.07, 6.45) is 0. The lowest BCUT2D eigenvalue weighted by Crippen LogP contribution is -2.38. The van der Waals surface area contributed by atoms with E-state index in [4.69, 9.17) is 4.74 Å². The molecule has 0 bridgehead atoms. The number of ether oxygens (including phenoxy) is 1. The van der Waals surface area contributed by atoms with Crippen LogP contribution in [0.1, 0.15) is 0 Å². The van der Waals surface area contributed by atoms with Crippen molar-refractivity contribution in [3.63, 3.8) is 0 Å². The van der Waals surface area contributed by atoms with Gasteiger partial charge in [0.05, 0.1) is 26.1 Å². The number of hydrogen-bond acceptors (Lipinski definition) is 3. The number of rotatable bonds is 5. The Hall–Kier alpha value is -1.62. The molecule has 88 valence electrons. The Morgan fingerprint density at radius 2 is 1.94 bits per heavy atom. The van der Waals surface area contributed by atoms with Crippen LogP contribution in [0.2, 0.25) is 0 Å². The second-order valence-corrected chi connectivity index (χ2v) is 4.59. The van der Waals surface area contributed by atoms with Crippen molar-refractivity contribution in [2.75, 3.05) is 34.3 Å². The molecule has 0 spiro atoms. The Balaban J connectivity index is 2.64. The molecule has 0 N–H and O–H groups in total. The van der Waals surface area contributed by atoms with Crippen LogP contribution in [0.25, 0.3) is 0 Å². The molecule has 0 fully saturated rings. The van der Waals surface area contributed by atoms with Crippen LogP contribution in [0.4, 0.5) is 5.69 Å². The largest absolute Gasteiger partial charge is 0.481 e. The molecule has 0 unspecified atom stereocenters. The monoisotopic (exact) mass is 225 g/mol. The van der Waals surface area contributed by atoms with Crippen LogP contribution in [0.3, 0.4) is 0 Å². The summed E-state index contributed by atoms with van der Waals surface area (Å²) < 4.78 is 6.18. The van der Waals surface area contributed by atoms with Crippen LogP contribution < -0.4 is 4.74 Å². The Morgan fingerprint density at radius 1 is 1.31 bits per heavy atom. The number of quaternary nitrogens is 1. The number of para-hydroxylation sites is 2. The van der Waals surface area contributed by atoms with E-state index in [1.165, 1.54) is 6.07 Å². The molecule has 0 aliphatic rings. The topological polar surface area (TPSA) is 52.4 Å². The number of likely N-dealkylation sites (N-methyl/N-ethyl adjacent to an activating group) is 1. The number of nitro benzene ring substituents is 1. The molecule has 16 heavy (non-hydrogen) atoms. The molecule has 0 radical (unpaired) electrons. The minimum absolute atomic E-state index is 0.0175. The quantitative estimate of drug-likeness (QED) is 0.435. The predicted molar refractivity (Wildman–Crippen MR) is 61.5 cm³/mol. The third kappa shape index (κ3) is 3.86. The number of nitrogens with zero attached hydrogens (tertiary/aromatic N) is 2. The Labute approximate surface area is 95.0 Å². The van der Waals surface area contributed by atoms with Crippen molar-refractivity contribution in [3.8, 4) is 5.75 Å². The Kier molecular flexibility index (Phi) is 3.84. The summed E-state index contributed by atoms with van der Waals surface area (Å²) in [7, 11) is 6.13. The zero-order valence-corrected chi connectivity index (χ0v) is 9.84. The van der Waals surface area contributed by atoms with Crippen LogP contribution in [-0.4, -0.2) is 43.7 Å². The molecular weight excluding hydrogens is 208 g/mol. The highest BCUT2D eigenvalue weighted by atomic mass is 16.6. The molecule has 1 aromatic carbocycles. The smallest absolute Gasteiger partial charge is 0.310 e. The highest BCUT2D eigenvalue weighted by Gasteiger charge is 2.14. The lowest BCUT2D eigenvalue weighted by Gasteiger charge is -2.23. The van der Waals surface area contributed by atoms with Gasteiger partial charge in [-0.15, -0.1) is 0 Å². The summed E-state index contributed by atoms with van der Waals surface area (Å²) in [5.74, 6) is 0.334. The van der Waals surface area contributed by atoms with Gasteiger partial charge in [-0.2, -0.15) is 0 Å². The molecule has 0 amide bonds. The summed E-state index contributed by atoms with van der Waals surface area (Å²) in [6, 6.07) is 6.42. The number of benzene rings is 1. The molecule has 0 aromatic heterocycles. The third-order valence-corrected chi connectivity index (χ3v) is 2.08. The lowest BCUT2D eigenvalue weighted by molar-refractivity contribution is -0.870. The predicted octanol–water partition coefficient (Wildman–Crippen LogP) is 1.68. The van der Waals surface area contributed by atoms with Crippen molar-refractivity contribution in [2.24, 2.45) is 0 Å². The van der Waals surface area contributed by atoms with Gasteiger partial charge >= 0.3 is 5.69 Å². The molecule has 0 saturated carbocycles. The fourth-order valence-corrected chi connectivity index (χ4v) is 1.16. The fraction of sp³-hybridized carbons (Fsp3) is 0.455. The van der Waals surface area contributed by atoms with Gasteiger partial charge in [-0.1, -0.05) is 12.1 Å². The molecule has 0 heterocycles. The third-order valence-electron chi connectivity index (χ3n) is 2.08. The van der Waals surface area contributed by atoms with Gasteiger partial charge in [0.15, 0.2) is 5.75 Å². The van der Waals surface area contributed by atoms with E-state index >= 15 is 0 Å². The zero-order chi connectivity index (χ0) is 12.2. The molecule has 1 aromatic rings. The minimum Gasteiger partial charge on any atom is -0.481 e. The maximum absolute atomic E-state index is 10.7. The van der Waals surface area contributed by atoms with Crippen molar-refractivity contribution in [1.29, 1.82) is 0 Å². The van der Waals surface area contributed by atoms with Gasteiger partial charge < -0.3 is 9.22 Å². The molecular formula is C11H17N2O3+.